The van der Waals surface area contributed by atoms with Gasteiger partial charge in [0.2, 0.25) is 0 Å². The van der Waals surface area contributed by atoms with E-state index in [2.05, 4.69) is 5.10 Å². The largest absolute Gasteiger partial charge is 0.298 e. The molecule has 0 aliphatic heterocycles. The normalized spacial score (nSPS) is 9.90. The van der Waals surface area contributed by atoms with Crippen molar-refractivity contribution in [2.24, 2.45) is 7.05 Å². The second-order valence-electron chi connectivity index (χ2n) is 1.74. The molecule has 54 valence electrons. The summed E-state index contributed by atoms with van der Waals surface area (Å²) in [7, 11) is 1.61. The second kappa shape index (κ2) is 2.60. The fourth-order valence-electron chi connectivity index (χ4n) is 0.586. The zero-order valence-electron chi connectivity index (χ0n) is 5.14. The van der Waals surface area contributed by atoms with Gasteiger partial charge in [0.25, 0.3) is 0 Å². The van der Waals surface area contributed by atoms with E-state index >= 15 is 0 Å². The van der Waals surface area contributed by atoms with Gasteiger partial charge < -0.3 is 0 Å². The Hall–Kier alpha value is -0.540. The first kappa shape index (κ1) is 7.57. The van der Waals surface area contributed by atoms with E-state index in [4.69, 9.17) is 23.2 Å². The molecule has 1 rings (SSSR count). The van der Waals surface area contributed by atoms with Crippen LogP contribution in [0.1, 0.15) is 10.4 Å². The van der Waals surface area contributed by atoms with Crippen molar-refractivity contribution >= 4 is 29.5 Å². The van der Waals surface area contributed by atoms with E-state index in [0.717, 1.165) is 0 Å². The molecular formula is C5H4Cl2N2O. The van der Waals surface area contributed by atoms with Gasteiger partial charge in [0.05, 0.1) is 5.56 Å². The first-order valence-electron chi connectivity index (χ1n) is 2.50. The third-order valence-electron chi connectivity index (χ3n) is 1.08. The van der Waals surface area contributed by atoms with Gasteiger partial charge in [-0.1, -0.05) is 23.2 Å². The van der Waals surface area contributed by atoms with E-state index in [1.54, 1.807) is 7.05 Å². The van der Waals surface area contributed by atoms with E-state index in [1.807, 2.05) is 0 Å². The molecule has 0 bridgehead atoms. The van der Waals surface area contributed by atoms with Crippen LogP contribution in [0.5, 0.6) is 0 Å². The van der Waals surface area contributed by atoms with Crippen LogP contribution in [0, 0.1) is 0 Å². The van der Waals surface area contributed by atoms with E-state index < -0.39 is 0 Å². The summed E-state index contributed by atoms with van der Waals surface area (Å²) in [5, 5.41) is 4.11. The van der Waals surface area contributed by atoms with Crippen LogP contribution in [0.4, 0.5) is 0 Å². The lowest BCUT2D eigenvalue weighted by Gasteiger charge is -1.86. The summed E-state index contributed by atoms with van der Waals surface area (Å²) in [5.74, 6) is 0. The number of rotatable bonds is 1. The molecular weight excluding hydrogens is 175 g/mol. The van der Waals surface area contributed by atoms with Crippen LogP contribution in [0.3, 0.4) is 0 Å². The monoisotopic (exact) mass is 178 g/mol. The van der Waals surface area contributed by atoms with E-state index in [-0.39, 0.29) is 15.9 Å². The average Bonchev–Trinajstić information content (AvgIpc) is 2.09. The second-order valence-corrected chi connectivity index (χ2v) is 2.45. The van der Waals surface area contributed by atoms with Gasteiger partial charge in [-0.25, -0.2) is 0 Å². The van der Waals surface area contributed by atoms with Gasteiger partial charge in [-0.15, -0.1) is 0 Å². The fraction of sp³-hybridized carbons (Fsp3) is 0.200. The van der Waals surface area contributed by atoms with Crippen LogP contribution < -0.4 is 0 Å². The molecule has 3 nitrogen and oxygen atoms in total. The van der Waals surface area contributed by atoms with Crippen molar-refractivity contribution in [1.29, 1.82) is 0 Å². The Morgan fingerprint density at radius 1 is 1.60 bits per heavy atom. The molecule has 0 fully saturated rings. The van der Waals surface area contributed by atoms with Gasteiger partial charge in [0.15, 0.2) is 11.4 Å². The number of aromatic nitrogens is 2. The molecule has 0 N–H and O–H groups in total. The van der Waals surface area contributed by atoms with Gasteiger partial charge >= 0.3 is 0 Å². The topological polar surface area (TPSA) is 34.9 Å². The highest BCUT2D eigenvalue weighted by molar-refractivity contribution is 6.37. The lowest BCUT2D eigenvalue weighted by molar-refractivity contribution is 0.112. The van der Waals surface area contributed by atoms with Crippen molar-refractivity contribution in [2.45, 2.75) is 0 Å². The summed E-state index contributed by atoms with van der Waals surface area (Å²) in [6.45, 7) is 0. The predicted octanol–water partition coefficient (Wildman–Crippen LogP) is 1.54. The first-order chi connectivity index (χ1) is 4.66. The molecule has 0 aliphatic rings. The van der Waals surface area contributed by atoms with Gasteiger partial charge in [-0.2, -0.15) is 5.10 Å². The van der Waals surface area contributed by atoms with Gasteiger partial charge in [0.1, 0.15) is 5.15 Å². The highest BCUT2D eigenvalue weighted by Crippen LogP contribution is 2.20. The standard InChI is InChI=1S/C5H4Cl2N2O/c1-9-5(7)3(2-10)4(6)8-9/h2H,1H3. The summed E-state index contributed by atoms with van der Waals surface area (Å²) < 4.78 is 1.34. The first-order valence-corrected chi connectivity index (χ1v) is 3.25. The van der Waals surface area contributed by atoms with Gasteiger partial charge in [0, 0.05) is 7.05 Å². The number of carbonyl (C=O) groups excluding carboxylic acids is 1. The molecule has 1 aromatic rings. The zero-order chi connectivity index (χ0) is 7.72. The molecule has 0 saturated carbocycles. The average molecular weight is 179 g/mol. The van der Waals surface area contributed by atoms with Crippen LogP contribution in [-0.2, 0) is 7.05 Å². The maximum absolute atomic E-state index is 10.2. The molecule has 0 aromatic carbocycles. The minimum atomic E-state index is 0.141. The molecule has 1 heterocycles. The van der Waals surface area contributed by atoms with Crippen LogP contribution in [-0.4, -0.2) is 16.1 Å². The lowest BCUT2D eigenvalue weighted by atomic mass is 10.4. The SMILES string of the molecule is Cn1nc(Cl)c(C=O)c1Cl. The van der Waals surface area contributed by atoms with Gasteiger partial charge in [-0.3, -0.25) is 9.48 Å². The Bertz CT molecular complexity index is 269. The van der Waals surface area contributed by atoms with Gasteiger partial charge in [-0.05, 0) is 0 Å². The molecule has 0 atom stereocenters. The summed E-state index contributed by atoms with van der Waals surface area (Å²) in [6.07, 6.45) is 0.581. The highest BCUT2D eigenvalue weighted by Gasteiger charge is 2.10. The minimum absolute atomic E-state index is 0.141. The van der Waals surface area contributed by atoms with Crippen LogP contribution in [0.15, 0.2) is 0 Å². The van der Waals surface area contributed by atoms with E-state index in [9.17, 15) is 4.79 Å². The third kappa shape index (κ3) is 1.02. The summed E-state index contributed by atoms with van der Waals surface area (Å²) >= 11 is 11.1. The van der Waals surface area contributed by atoms with Crippen molar-refractivity contribution in [3.63, 3.8) is 0 Å². The minimum Gasteiger partial charge on any atom is -0.298 e. The third-order valence-corrected chi connectivity index (χ3v) is 1.81. The highest BCUT2D eigenvalue weighted by atomic mass is 35.5. The van der Waals surface area contributed by atoms with Crippen molar-refractivity contribution in [3.05, 3.63) is 15.9 Å². The summed E-state index contributed by atoms with van der Waals surface area (Å²) in [6, 6.07) is 0. The molecule has 0 radical (unpaired) electrons. The quantitative estimate of drug-likeness (QED) is 0.612. The molecule has 0 amide bonds. The fourth-order valence-corrected chi connectivity index (χ4v) is 1.05. The molecule has 0 unspecified atom stereocenters. The van der Waals surface area contributed by atoms with E-state index in [1.165, 1.54) is 4.68 Å². The summed E-state index contributed by atoms with van der Waals surface area (Å²) in [5.41, 5.74) is 0.242. The van der Waals surface area contributed by atoms with Crippen molar-refractivity contribution in [3.8, 4) is 0 Å². The van der Waals surface area contributed by atoms with Crippen molar-refractivity contribution in [2.75, 3.05) is 0 Å². The summed E-state index contributed by atoms with van der Waals surface area (Å²) in [4.78, 5) is 10.2. The van der Waals surface area contributed by atoms with Crippen LogP contribution in [0.2, 0.25) is 10.3 Å². The van der Waals surface area contributed by atoms with Crippen LogP contribution >= 0.6 is 23.2 Å². The number of hydrogen-bond acceptors (Lipinski definition) is 2. The molecule has 5 heteroatoms. The maximum atomic E-state index is 10.2. The molecule has 10 heavy (non-hydrogen) atoms. The van der Waals surface area contributed by atoms with Crippen molar-refractivity contribution < 1.29 is 4.79 Å². The zero-order valence-corrected chi connectivity index (χ0v) is 6.65. The Labute approximate surface area is 67.5 Å². The molecule has 1 aromatic heterocycles. The Balaban J connectivity index is 3.33. The number of halogens is 2. The molecule has 0 spiro atoms. The van der Waals surface area contributed by atoms with E-state index in [0.29, 0.717) is 6.29 Å². The maximum Gasteiger partial charge on any atom is 0.163 e. The lowest BCUT2D eigenvalue weighted by Crippen LogP contribution is -1.88. The Kier molecular flexibility index (Phi) is 1.97. The van der Waals surface area contributed by atoms with Crippen molar-refractivity contribution in [1.82, 2.24) is 9.78 Å². The number of aldehydes is 1. The predicted molar refractivity (Wildman–Crippen MR) is 38.6 cm³/mol. The number of aryl methyl sites for hydroxylation is 1. The molecule has 0 saturated heterocycles. The van der Waals surface area contributed by atoms with Crippen LogP contribution in [0.25, 0.3) is 0 Å². The smallest absolute Gasteiger partial charge is 0.163 e. The number of carbonyl (C=O) groups is 1. The number of hydrogen-bond donors (Lipinski definition) is 0. The molecule has 0 aliphatic carbocycles. The number of nitrogens with zero attached hydrogens (tertiary/aromatic N) is 2. The Morgan fingerprint density at radius 3 is 2.40 bits per heavy atom. The Morgan fingerprint density at radius 2 is 2.20 bits per heavy atom.